The van der Waals surface area contributed by atoms with Gasteiger partial charge >= 0.3 is 0 Å². The number of hydrogen-bond donors (Lipinski definition) is 1. The van der Waals surface area contributed by atoms with Gasteiger partial charge in [-0.25, -0.2) is 4.98 Å². The molecule has 3 nitrogen and oxygen atoms in total. The maximum atomic E-state index is 4.11. The Balaban J connectivity index is 2.54. The molecule has 2 heterocycles. The van der Waals surface area contributed by atoms with Crippen LogP contribution in [0, 0.1) is 0 Å². The van der Waals surface area contributed by atoms with Crippen LogP contribution in [0.15, 0.2) is 18.5 Å². The zero-order valence-corrected chi connectivity index (χ0v) is 5.41. The van der Waals surface area contributed by atoms with Gasteiger partial charge < -0.3 is 5.32 Å². The van der Waals surface area contributed by atoms with Crippen LogP contribution >= 0.6 is 0 Å². The molecular weight excluding hydrogens is 126 g/mol. The molecule has 1 aliphatic heterocycles. The van der Waals surface area contributed by atoms with Gasteiger partial charge in [-0.1, -0.05) is 6.08 Å². The molecular formula is C7H7N3. The molecule has 0 saturated carbocycles. The van der Waals surface area contributed by atoms with Gasteiger partial charge in [0, 0.05) is 18.9 Å². The van der Waals surface area contributed by atoms with Gasteiger partial charge in [-0.05, 0) is 6.08 Å². The summed E-state index contributed by atoms with van der Waals surface area (Å²) in [7, 11) is 0. The second kappa shape index (κ2) is 2.10. The summed E-state index contributed by atoms with van der Waals surface area (Å²) < 4.78 is 0. The highest BCUT2D eigenvalue weighted by atomic mass is 15.0. The minimum absolute atomic E-state index is 0.853. The third-order valence-electron chi connectivity index (χ3n) is 1.39. The number of hydrogen-bond acceptors (Lipinski definition) is 3. The van der Waals surface area contributed by atoms with Crippen LogP contribution in [0.3, 0.4) is 0 Å². The predicted octanol–water partition coefficient (Wildman–Crippen LogP) is 0.915. The minimum Gasteiger partial charge on any atom is -0.365 e. The van der Waals surface area contributed by atoms with Crippen LogP contribution < -0.4 is 5.32 Å². The molecule has 1 N–H and O–H groups in total. The third kappa shape index (κ3) is 0.757. The average Bonchev–Trinajstić information content (AvgIpc) is 2.05. The lowest BCUT2D eigenvalue weighted by Crippen LogP contribution is -2.06. The second-order valence-corrected chi connectivity index (χ2v) is 2.07. The summed E-state index contributed by atoms with van der Waals surface area (Å²) >= 11 is 0. The Morgan fingerprint density at radius 2 is 2.20 bits per heavy atom. The fourth-order valence-corrected chi connectivity index (χ4v) is 0.933. The van der Waals surface area contributed by atoms with Gasteiger partial charge in [-0.2, -0.15) is 0 Å². The SMILES string of the molecule is C1=Cc2nccnc2NC1. The van der Waals surface area contributed by atoms with Gasteiger partial charge in [0.15, 0.2) is 5.82 Å². The summed E-state index contributed by atoms with van der Waals surface area (Å²) in [5.41, 5.74) is 0.925. The Kier molecular flexibility index (Phi) is 1.13. The second-order valence-electron chi connectivity index (χ2n) is 2.07. The number of nitrogens with zero attached hydrogens (tertiary/aromatic N) is 2. The molecule has 0 fully saturated rings. The molecule has 0 radical (unpaired) electrons. The summed E-state index contributed by atoms with van der Waals surface area (Å²) in [6.07, 6.45) is 7.37. The van der Waals surface area contributed by atoms with E-state index in [0.29, 0.717) is 0 Å². The van der Waals surface area contributed by atoms with Gasteiger partial charge in [-0.15, -0.1) is 0 Å². The summed E-state index contributed by atoms with van der Waals surface area (Å²) in [5, 5.41) is 3.10. The fourth-order valence-electron chi connectivity index (χ4n) is 0.933. The van der Waals surface area contributed by atoms with Gasteiger partial charge in [0.05, 0.1) is 0 Å². The van der Waals surface area contributed by atoms with E-state index in [1.165, 1.54) is 0 Å². The predicted molar refractivity (Wildman–Crippen MR) is 39.6 cm³/mol. The Morgan fingerprint density at radius 3 is 3.10 bits per heavy atom. The van der Waals surface area contributed by atoms with Crippen LogP contribution in [-0.2, 0) is 0 Å². The Morgan fingerprint density at radius 1 is 1.30 bits per heavy atom. The number of anilines is 1. The first-order chi connectivity index (χ1) is 4.97. The smallest absolute Gasteiger partial charge is 0.152 e. The maximum Gasteiger partial charge on any atom is 0.152 e. The monoisotopic (exact) mass is 133 g/mol. The molecule has 0 bridgehead atoms. The minimum atomic E-state index is 0.853. The van der Waals surface area contributed by atoms with Crippen molar-refractivity contribution in [1.29, 1.82) is 0 Å². The molecule has 0 aromatic carbocycles. The lowest BCUT2D eigenvalue weighted by atomic mass is 10.3. The number of rotatable bonds is 0. The highest BCUT2D eigenvalue weighted by Gasteiger charge is 2.02. The van der Waals surface area contributed by atoms with E-state index in [4.69, 9.17) is 0 Å². The van der Waals surface area contributed by atoms with Gasteiger partial charge in [0.25, 0.3) is 0 Å². The molecule has 0 aliphatic carbocycles. The first kappa shape index (κ1) is 5.41. The van der Waals surface area contributed by atoms with Gasteiger partial charge in [-0.3, -0.25) is 4.98 Å². The van der Waals surface area contributed by atoms with Crippen LogP contribution in [0.4, 0.5) is 5.82 Å². The Hall–Kier alpha value is -1.38. The first-order valence-electron chi connectivity index (χ1n) is 3.18. The lowest BCUT2D eigenvalue weighted by Gasteiger charge is -2.08. The standard InChI is InChI=1S/C7H7N3/c1-2-6-7(9-3-1)10-5-4-8-6/h1-2,4-5H,3H2,(H,9,10). The van der Waals surface area contributed by atoms with Crippen LogP contribution in [0.1, 0.15) is 5.69 Å². The van der Waals surface area contributed by atoms with Crippen LogP contribution in [0.25, 0.3) is 6.08 Å². The highest BCUT2D eigenvalue weighted by Crippen LogP contribution is 2.12. The molecule has 2 rings (SSSR count). The van der Waals surface area contributed by atoms with E-state index in [9.17, 15) is 0 Å². The normalized spacial score (nSPS) is 14.0. The lowest BCUT2D eigenvalue weighted by molar-refractivity contribution is 1.13. The third-order valence-corrected chi connectivity index (χ3v) is 1.39. The molecule has 1 aromatic rings. The summed E-state index contributed by atoms with van der Waals surface area (Å²) in [5.74, 6) is 0.880. The number of nitrogens with one attached hydrogen (secondary N) is 1. The molecule has 1 aromatic heterocycles. The van der Waals surface area contributed by atoms with Crippen molar-refractivity contribution in [1.82, 2.24) is 9.97 Å². The summed E-state index contributed by atoms with van der Waals surface area (Å²) in [6.45, 7) is 0.853. The molecule has 0 spiro atoms. The van der Waals surface area contributed by atoms with Crippen molar-refractivity contribution in [2.24, 2.45) is 0 Å². The van der Waals surface area contributed by atoms with Crippen molar-refractivity contribution < 1.29 is 0 Å². The average molecular weight is 133 g/mol. The zero-order valence-electron chi connectivity index (χ0n) is 5.41. The number of fused-ring (bicyclic) bond motifs is 1. The molecule has 1 aliphatic rings. The quantitative estimate of drug-likeness (QED) is 0.571. The topological polar surface area (TPSA) is 37.8 Å². The van der Waals surface area contributed by atoms with E-state index >= 15 is 0 Å². The molecule has 0 saturated heterocycles. The molecule has 0 atom stereocenters. The van der Waals surface area contributed by atoms with E-state index in [1.54, 1.807) is 12.4 Å². The van der Waals surface area contributed by atoms with Crippen LogP contribution in [-0.4, -0.2) is 16.5 Å². The van der Waals surface area contributed by atoms with E-state index in [1.807, 2.05) is 12.2 Å². The van der Waals surface area contributed by atoms with Crippen molar-refractivity contribution in [2.45, 2.75) is 0 Å². The fraction of sp³-hybridized carbons (Fsp3) is 0.143. The van der Waals surface area contributed by atoms with Crippen molar-refractivity contribution in [3.8, 4) is 0 Å². The Labute approximate surface area is 58.8 Å². The zero-order chi connectivity index (χ0) is 6.81. The number of aromatic nitrogens is 2. The van der Waals surface area contributed by atoms with E-state index < -0.39 is 0 Å². The van der Waals surface area contributed by atoms with Crippen molar-refractivity contribution >= 4 is 11.9 Å². The molecule has 3 heteroatoms. The van der Waals surface area contributed by atoms with E-state index in [-0.39, 0.29) is 0 Å². The van der Waals surface area contributed by atoms with Crippen LogP contribution in [0.2, 0.25) is 0 Å². The van der Waals surface area contributed by atoms with E-state index in [2.05, 4.69) is 15.3 Å². The highest BCUT2D eigenvalue weighted by molar-refractivity contribution is 5.62. The molecule has 50 valence electrons. The molecule has 10 heavy (non-hydrogen) atoms. The summed E-state index contributed by atoms with van der Waals surface area (Å²) in [4.78, 5) is 8.20. The van der Waals surface area contributed by atoms with Gasteiger partial charge in [0.1, 0.15) is 5.69 Å². The van der Waals surface area contributed by atoms with Crippen molar-refractivity contribution in [3.05, 3.63) is 24.2 Å². The van der Waals surface area contributed by atoms with E-state index in [0.717, 1.165) is 18.1 Å². The summed E-state index contributed by atoms with van der Waals surface area (Å²) in [6, 6.07) is 0. The Bertz CT molecular complexity index is 267. The van der Waals surface area contributed by atoms with Crippen molar-refractivity contribution in [3.63, 3.8) is 0 Å². The first-order valence-corrected chi connectivity index (χ1v) is 3.18. The molecule has 0 unspecified atom stereocenters. The van der Waals surface area contributed by atoms with Crippen LogP contribution in [0.5, 0.6) is 0 Å². The maximum absolute atomic E-state index is 4.11. The van der Waals surface area contributed by atoms with Gasteiger partial charge in [0.2, 0.25) is 0 Å². The van der Waals surface area contributed by atoms with Crippen molar-refractivity contribution in [2.75, 3.05) is 11.9 Å². The molecule has 0 amide bonds. The largest absolute Gasteiger partial charge is 0.365 e.